The topological polar surface area (TPSA) is 42.0 Å². The van der Waals surface area contributed by atoms with Crippen LogP contribution in [-0.2, 0) is 0 Å². The van der Waals surface area contributed by atoms with Crippen molar-refractivity contribution in [3.63, 3.8) is 0 Å². The Bertz CT molecular complexity index is 593. The predicted octanol–water partition coefficient (Wildman–Crippen LogP) is 4.38. The van der Waals surface area contributed by atoms with Gasteiger partial charge in [-0.2, -0.15) is 0 Å². The number of carbonyl (C=O) groups is 1. The Morgan fingerprint density at radius 2 is 2.17 bits per heavy atom. The summed E-state index contributed by atoms with van der Waals surface area (Å²) in [5, 5.41) is 3.46. The molecule has 1 aromatic carbocycles. The summed E-state index contributed by atoms with van der Waals surface area (Å²) < 4.78 is 1.80. The van der Waals surface area contributed by atoms with Crippen LogP contribution < -0.4 is 5.32 Å². The molecule has 1 amide bonds. The fourth-order valence-electron chi connectivity index (χ4n) is 1.36. The first-order chi connectivity index (χ1) is 8.47. The van der Waals surface area contributed by atoms with E-state index in [1.165, 1.54) is 11.3 Å². The van der Waals surface area contributed by atoms with Crippen LogP contribution in [0.3, 0.4) is 0 Å². The molecule has 0 radical (unpaired) electrons. The third-order valence-electron chi connectivity index (χ3n) is 2.42. The average molecular weight is 437 g/mol. The second-order valence-corrected chi connectivity index (χ2v) is 7.04. The fourth-order valence-corrected chi connectivity index (χ4v) is 3.09. The van der Waals surface area contributed by atoms with E-state index in [4.69, 9.17) is 0 Å². The van der Waals surface area contributed by atoms with Crippen molar-refractivity contribution in [2.45, 2.75) is 13.8 Å². The van der Waals surface area contributed by atoms with Gasteiger partial charge in [0.1, 0.15) is 0 Å². The number of aryl methyl sites for hydroxylation is 2. The lowest BCUT2D eigenvalue weighted by molar-refractivity contribution is 0.102. The molecule has 0 aliphatic rings. The largest absolute Gasteiger partial charge is 0.298 e. The number of benzene rings is 1. The maximum absolute atomic E-state index is 12.1. The van der Waals surface area contributed by atoms with E-state index < -0.39 is 0 Å². The number of hydrogen-bond acceptors (Lipinski definition) is 3. The highest BCUT2D eigenvalue weighted by atomic mass is 127. The molecule has 0 spiro atoms. The molecule has 2 aromatic rings. The van der Waals surface area contributed by atoms with Gasteiger partial charge in [-0.05, 0) is 70.6 Å². The van der Waals surface area contributed by atoms with Gasteiger partial charge in [0.15, 0.2) is 5.13 Å². The second kappa shape index (κ2) is 5.66. The van der Waals surface area contributed by atoms with Gasteiger partial charge < -0.3 is 0 Å². The molecule has 0 aliphatic heterocycles. The third kappa shape index (κ3) is 3.10. The molecule has 0 unspecified atom stereocenters. The van der Waals surface area contributed by atoms with Crippen molar-refractivity contribution < 1.29 is 4.79 Å². The molecule has 0 saturated heterocycles. The van der Waals surface area contributed by atoms with E-state index in [1.54, 1.807) is 0 Å². The molecule has 1 aromatic heterocycles. The minimum absolute atomic E-state index is 0.144. The van der Waals surface area contributed by atoms with E-state index in [0.29, 0.717) is 10.7 Å². The Balaban J connectivity index is 2.24. The van der Waals surface area contributed by atoms with Crippen LogP contribution in [0.5, 0.6) is 0 Å². The number of halogens is 2. The highest BCUT2D eigenvalue weighted by Gasteiger charge is 2.13. The van der Waals surface area contributed by atoms with Crippen LogP contribution in [0, 0.1) is 17.4 Å². The number of nitrogens with one attached hydrogen (secondary N) is 1. The van der Waals surface area contributed by atoms with Gasteiger partial charge in [0.25, 0.3) is 5.91 Å². The van der Waals surface area contributed by atoms with Crippen LogP contribution >= 0.6 is 49.9 Å². The molecule has 0 bridgehead atoms. The smallest absolute Gasteiger partial charge is 0.258 e. The maximum atomic E-state index is 12.1. The first-order valence-corrected chi connectivity index (χ1v) is 7.86. The number of hydrogen-bond donors (Lipinski definition) is 1. The van der Waals surface area contributed by atoms with Crippen LogP contribution in [0.15, 0.2) is 22.7 Å². The van der Waals surface area contributed by atoms with Crippen LogP contribution in [0.1, 0.15) is 20.9 Å². The van der Waals surface area contributed by atoms with Crippen molar-refractivity contribution in [3.8, 4) is 0 Å². The molecular formula is C12H10BrIN2OS. The molecule has 0 fully saturated rings. The summed E-state index contributed by atoms with van der Waals surface area (Å²) in [6, 6.07) is 5.65. The zero-order chi connectivity index (χ0) is 13.3. The monoisotopic (exact) mass is 436 g/mol. The number of nitrogens with zero attached hydrogens (tertiary/aromatic N) is 1. The SMILES string of the molecule is Cc1nc(NC(=O)c2cc(I)ccc2Br)sc1C. The van der Waals surface area contributed by atoms with Crippen molar-refractivity contribution in [1.29, 1.82) is 0 Å². The van der Waals surface area contributed by atoms with Crippen LogP contribution in [0.25, 0.3) is 0 Å². The van der Waals surface area contributed by atoms with E-state index in [-0.39, 0.29) is 5.91 Å². The number of amides is 1. The highest BCUT2D eigenvalue weighted by molar-refractivity contribution is 14.1. The lowest BCUT2D eigenvalue weighted by atomic mass is 10.2. The van der Waals surface area contributed by atoms with Crippen LogP contribution in [0.4, 0.5) is 5.13 Å². The summed E-state index contributed by atoms with van der Waals surface area (Å²) in [5.74, 6) is -0.144. The Hall–Kier alpha value is -0.470. The first kappa shape index (κ1) is 14.0. The summed E-state index contributed by atoms with van der Waals surface area (Å²) in [6.07, 6.45) is 0. The quantitative estimate of drug-likeness (QED) is 0.709. The summed E-state index contributed by atoms with van der Waals surface area (Å²) in [4.78, 5) is 17.5. The molecular weight excluding hydrogens is 427 g/mol. The third-order valence-corrected chi connectivity index (χ3v) is 4.77. The average Bonchev–Trinajstić information content (AvgIpc) is 2.61. The van der Waals surface area contributed by atoms with Gasteiger partial charge in [0.2, 0.25) is 0 Å². The van der Waals surface area contributed by atoms with Crippen molar-refractivity contribution in [3.05, 3.63) is 42.4 Å². The fraction of sp³-hybridized carbons (Fsp3) is 0.167. The number of anilines is 1. The van der Waals surface area contributed by atoms with Gasteiger partial charge in [-0.25, -0.2) is 4.98 Å². The molecule has 0 aliphatic carbocycles. The van der Waals surface area contributed by atoms with Gasteiger partial charge >= 0.3 is 0 Å². The Labute approximate surface area is 131 Å². The lowest BCUT2D eigenvalue weighted by Crippen LogP contribution is -2.12. The number of thiazole rings is 1. The van der Waals surface area contributed by atoms with Gasteiger partial charge in [0.05, 0.1) is 11.3 Å². The van der Waals surface area contributed by atoms with Crippen molar-refractivity contribution in [2.75, 3.05) is 5.32 Å². The Morgan fingerprint density at radius 3 is 2.78 bits per heavy atom. The Kier molecular flexibility index (Phi) is 4.39. The van der Waals surface area contributed by atoms with E-state index in [0.717, 1.165) is 18.6 Å². The maximum Gasteiger partial charge on any atom is 0.258 e. The first-order valence-electron chi connectivity index (χ1n) is 5.18. The molecule has 1 heterocycles. The second-order valence-electron chi connectivity index (χ2n) is 3.74. The lowest BCUT2D eigenvalue weighted by Gasteiger charge is -2.04. The number of aromatic nitrogens is 1. The summed E-state index contributed by atoms with van der Waals surface area (Å²) in [7, 11) is 0. The van der Waals surface area contributed by atoms with E-state index in [2.05, 4.69) is 48.8 Å². The van der Waals surface area contributed by atoms with Crippen LogP contribution in [-0.4, -0.2) is 10.9 Å². The molecule has 18 heavy (non-hydrogen) atoms. The van der Waals surface area contributed by atoms with Gasteiger partial charge in [-0.3, -0.25) is 10.1 Å². The number of rotatable bonds is 2. The summed E-state index contributed by atoms with van der Waals surface area (Å²) in [6.45, 7) is 3.92. The van der Waals surface area contributed by atoms with Crippen molar-refractivity contribution in [2.24, 2.45) is 0 Å². The minimum Gasteiger partial charge on any atom is -0.298 e. The molecule has 0 atom stereocenters. The molecule has 94 valence electrons. The van der Waals surface area contributed by atoms with Crippen LogP contribution in [0.2, 0.25) is 0 Å². The van der Waals surface area contributed by atoms with E-state index >= 15 is 0 Å². The number of carbonyl (C=O) groups excluding carboxylic acids is 1. The summed E-state index contributed by atoms with van der Waals surface area (Å²) >= 11 is 7.05. The highest BCUT2D eigenvalue weighted by Crippen LogP contribution is 2.24. The van der Waals surface area contributed by atoms with E-state index in [9.17, 15) is 4.79 Å². The molecule has 0 saturated carbocycles. The van der Waals surface area contributed by atoms with E-state index in [1.807, 2.05) is 32.0 Å². The van der Waals surface area contributed by atoms with Crippen molar-refractivity contribution >= 4 is 60.9 Å². The predicted molar refractivity (Wildman–Crippen MR) is 86.4 cm³/mol. The van der Waals surface area contributed by atoms with Gasteiger partial charge in [-0.15, -0.1) is 11.3 Å². The molecule has 3 nitrogen and oxygen atoms in total. The minimum atomic E-state index is -0.144. The van der Waals surface area contributed by atoms with Gasteiger partial charge in [-0.1, -0.05) is 0 Å². The molecule has 2 rings (SSSR count). The Morgan fingerprint density at radius 1 is 1.44 bits per heavy atom. The zero-order valence-electron chi connectivity index (χ0n) is 9.75. The molecule has 6 heteroatoms. The normalized spacial score (nSPS) is 10.4. The summed E-state index contributed by atoms with van der Waals surface area (Å²) in [5.41, 5.74) is 1.57. The van der Waals surface area contributed by atoms with Crippen molar-refractivity contribution in [1.82, 2.24) is 4.98 Å². The van der Waals surface area contributed by atoms with Gasteiger partial charge in [0, 0.05) is 12.9 Å². The molecule has 1 N–H and O–H groups in total. The zero-order valence-corrected chi connectivity index (χ0v) is 14.3. The standard InChI is InChI=1S/C12H10BrIN2OS/c1-6-7(2)18-12(15-6)16-11(17)9-5-8(14)3-4-10(9)13/h3-5H,1-2H3,(H,15,16,17).